The third-order valence-corrected chi connectivity index (χ3v) is 7.57. The molecule has 6 nitrogen and oxygen atoms in total. The van der Waals surface area contributed by atoms with Crippen LogP contribution in [0.25, 0.3) is 0 Å². The number of rotatable bonds is 8. The highest BCUT2D eigenvalue weighted by Crippen LogP contribution is 2.24. The Labute approximate surface area is 222 Å². The molecule has 4 aromatic rings. The number of benzene rings is 4. The van der Waals surface area contributed by atoms with Gasteiger partial charge in [-0.3, -0.25) is 20.2 Å². The minimum Gasteiger partial charge on any atom is -0.258 e. The third-order valence-electron chi connectivity index (χ3n) is 7.57. The molecule has 0 atom stereocenters. The summed E-state index contributed by atoms with van der Waals surface area (Å²) in [6.45, 7) is 0. The average Bonchev–Trinajstić information content (AvgIpc) is 2.92. The molecule has 4 aromatic carbocycles. The lowest BCUT2D eigenvalue weighted by atomic mass is 9.88. The summed E-state index contributed by atoms with van der Waals surface area (Å²) in [5, 5.41) is 21.9. The van der Waals surface area contributed by atoms with E-state index in [0.29, 0.717) is 0 Å². The summed E-state index contributed by atoms with van der Waals surface area (Å²) in [5.74, 6) is 0. The highest BCUT2D eigenvalue weighted by atomic mass is 16.6. The minimum atomic E-state index is -0.358. The van der Waals surface area contributed by atoms with Gasteiger partial charge in [-0.2, -0.15) is 0 Å². The fraction of sp³-hybridized carbons (Fsp3) is 0.250. The first-order valence-corrected chi connectivity index (χ1v) is 13.1. The molecule has 0 radical (unpaired) electrons. The van der Waals surface area contributed by atoms with E-state index in [1.165, 1.54) is 33.4 Å². The normalized spacial score (nSPS) is 12.6. The molecule has 4 aliphatic carbocycles. The lowest BCUT2D eigenvalue weighted by Crippen LogP contribution is -2.06. The average molecular weight is 507 g/mol. The molecular formula is C32H30N2O4. The number of hydrogen-bond donors (Lipinski definition) is 0. The molecular weight excluding hydrogens is 476 g/mol. The van der Waals surface area contributed by atoms with Gasteiger partial charge < -0.3 is 0 Å². The van der Waals surface area contributed by atoms with Crippen molar-refractivity contribution < 1.29 is 9.85 Å². The van der Waals surface area contributed by atoms with Crippen LogP contribution in [0, 0.1) is 20.2 Å². The molecule has 0 aromatic heterocycles. The predicted octanol–water partition coefficient (Wildman–Crippen LogP) is 6.96. The second-order valence-electron chi connectivity index (χ2n) is 10.1. The maximum Gasteiger partial charge on any atom is 0.269 e. The van der Waals surface area contributed by atoms with Gasteiger partial charge in [0, 0.05) is 24.3 Å². The third kappa shape index (κ3) is 6.14. The molecule has 0 saturated heterocycles. The maximum absolute atomic E-state index is 10.9. The van der Waals surface area contributed by atoms with Crippen molar-refractivity contribution in [3.05, 3.63) is 150 Å². The Balaban J connectivity index is 1.29. The first-order chi connectivity index (χ1) is 18.4. The maximum atomic E-state index is 10.9. The zero-order valence-corrected chi connectivity index (χ0v) is 21.3. The topological polar surface area (TPSA) is 86.3 Å². The van der Waals surface area contributed by atoms with Crippen LogP contribution in [0.5, 0.6) is 0 Å². The molecule has 4 bridgehead atoms. The van der Waals surface area contributed by atoms with Gasteiger partial charge in [-0.05, 0) is 95.9 Å². The number of non-ortho nitro benzene ring substituents is 2. The molecule has 6 heteroatoms. The molecule has 192 valence electrons. The van der Waals surface area contributed by atoms with Gasteiger partial charge in [-0.1, -0.05) is 60.7 Å². The number of nitro benzene ring substituents is 2. The van der Waals surface area contributed by atoms with Crippen LogP contribution in [0.2, 0.25) is 0 Å². The summed E-state index contributed by atoms with van der Waals surface area (Å²) in [6, 6.07) is 27.6. The Morgan fingerprint density at radius 1 is 0.500 bits per heavy atom. The first-order valence-electron chi connectivity index (χ1n) is 13.1. The van der Waals surface area contributed by atoms with Crippen LogP contribution in [-0.4, -0.2) is 9.85 Å². The molecule has 38 heavy (non-hydrogen) atoms. The molecule has 0 N–H and O–H groups in total. The summed E-state index contributed by atoms with van der Waals surface area (Å²) in [7, 11) is 0. The van der Waals surface area contributed by atoms with E-state index in [1.54, 1.807) is 24.3 Å². The van der Waals surface area contributed by atoms with Gasteiger partial charge in [-0.25, -0.2) is 0 Å². The van der Waals surface area contributed by atoms with E-state index >= 15 is 0 Å². The van der Waals surface area contributed by atoms with E-state index in [-0.39, 0.29) is 21.2 Å². The van der Waals surface area contributed by atoms with Crippen LogP contribution >= 0.6 is 0 Å². The molecule has 0 fully saturated rings. The smallest absolute Gasteiger partial charge is 0.258 e. The quantitative estimate of drug-likeness (QED) is 0.191. The molecule has 8 rings (SSSR count). The van der Waals surface area contributed by atoms with Gasteiger partial charge in [0.1, 0.15) is 0 Å². The molecule has 0 saturated carbocycles. The van der Waals surface area contributed by atoms with Crippen LogP contribution in [0.4, 0.5) is 11.4 Å². The zero-order chi connectivity index (χ0) is 26.5. The van der Waals surface area contributed by atoms with E-state index in [0.717, 1.165) is 62.5 Å². The SMILES string of the molecule is O=[N+]([O-])c1ccc(CCc2cc3ccc2CCc2ccc(c(CCc4ccc([N+](=O)[O-])cc4)c2)CC3)cc1. The zero-order valence-electron chi connectivity index (χ0n) is 21.3. The number of nitro groups is 2. The Morgan fingerprint density at radius 3 is 1.26 bits per heavy atom. The second kappa shape index (κ2) is 11.4. The van der Waals surface area contributed by atoms with Gasteiger partial charge in [0.2, 0.25) is 0 Å². The lowest BCUT2D eigenvalue weighted by Gasteiger charge is -2.17. The van der Waals surface area contributed by atoms with E-state index < -0.39 is 0 Å². The fourth-order valence-corrected chi connectivity index (χ4v) is 5.31. The number of hydrogen-bond acceptors (Lipinski definition) is 4. The van der Waals surface area contributed by atoms with Crippen molar-refractivity contribution >= 4 is 11.4 Å². The van der Waals surface area contributed by atoms with Gasteiger partial charge in [0.05, 0.1) is 9.85 Å². The Kier molecular flexibility index (Phi) is 7.59. The molecule has 0 spiro atoms. The number of aryl methyl sites for hydroxylation is 8. The van der Waals surface area contributed by atoms with Crippen LogP contribution in [-0.2, 0) is 51.4 Å². The van der Waals surface area contributed by atoms with Crippen LogP contribution in [0.1, 0.15) is 44.5 Å². The van der Waals surface area contributed by atoms with E-state index in [1.807, 2.05) is 24.3 Å². The molecule has 0 heterocycles. The summed E-state index contributed by atoms with van der Waals surface area (Å²) in [5.41, 5.74) is 10.6. The molecule has 0 unspecified atom stereocenters. The van der Waals surface area contributed by atoms with Gasteiger partial charge in [-0.15, -0.1) is 0 Å². The Hall–Kier alpha value is -4.32. The molecule has 0 aliphatic heterocycles. The van der Waals surface area contributed by atoms with Crippen molar-refractivity contribution in [2.75, 3.05) is 0 Å². The van der Waals surface area contributed by atoms with Gasteiger partial charge >= 0.3 is 0 Å². The van der Waals surface area contributed by atoms with E-state index in [9.17, 15) is 20.2 Å². The van der Waals surface area contributed by atoms with Crippen molar-refractivity contribution in [1.29, 1.82) is 0 Å². The highest BCUT2D eigenvalue weighted by molar-refractivity contribution is 5.40. The van der Waals surface area contributed by atoms with Crippen molar-refractivity contribution in [1.82, 2.24) is 0 Å². The van der Waals surface area contributed by atoms with Crippen LogP contribution in [0.15, 0.2) is 84.9 Å². The first kappa shape index (κ1) is 25.3. The molecule has 4 aliphatic rings. The van der Waals surface area contributed by atoms with Crippen molar-refractivity contribution in [2.45, 2.75) is 51.4 Å². The van der Waals surface area contributed by atoms with Crippen LogP contribution in [0.3, 0.4) is 0 Å². The number of nitrogens with zero attached hydrogens (tertiary/aromatic N) is 2. The lowest BCUT2D eigenvalue weighted by molar-refractivity contribution is -0.385. The van der Waals surface area contributed by atoms with E-state index in [2.05, 4.69) is 36.4 Å². The monoisotopic (exact) mass is 506 g/mol. The van der Waals surface area contributed by atoms with Gasteiger partial charge in [0.15, 0.2) is 0 Å². The standard InChI is InChI=1S/C32H30N2O4/c35-33(36)31-17-7-23(8-18-31)1-15-29-21-25-3-11-27(29)13-5-26-4-12-28(14-6-25)30(22-26)16-2-24-9-19-32(20-10-24)34(37)38/h3-4,7-12,17-22H,1-2,5-6,13-16H2. The Bertz CT molecular complexity index is 1350. The van der Waals surface area contributed by atoms with Crippen LogP contribution < -0.4 is 0 Å². The van der Waals surface area contributed by atoms with Gasteiger partial charge in [0.25, 0.3) is 11.4 Å². The largest absolute Gasteiger partial charge is 0.269 e. The summed E-state index contributed by atoms with van der Waals surface area (Å²) < 4.78 is 0. The predicted molar refractivity (Wildman–Crippen MR) is 149 cm³/mol. The van der Waals surface area contributed by atoms with E-state index in [4.69, 9.17) is 0 Å². The fourth-order valence-electron chi connectivity index (χ4n) is 5.31. The highest BCUT2D eigenvalue weighted by Gasteiger charge is 2.12. The summed E-state index contributed by atoms with van der Waals surface area (Å²) in [6.07, 6.45) is 7.42. The van der Waals surface area contributed by atoms with Crippen molar-refractivity contribution in [3.63, 3.8) is 0 Å². The van der Waals surface area contributed by atoms with Crippen molar-refractivity contribution in [3.8, 4) is 0 Å². The summed E-state index contributed by atoms with van der Waals surface area (Å²) in [4.78, 5) is 21.2. The molecule has 0 amide bonds. The Morgan fingerprint density at radius 2 is 0.895 bits per heavy atom. The second-order valence-corrected chi connectivity index (χ2v) is 10.1. The minimum absolute atomic E-state index is 0.128. The summed E-state index contributed by atoms with van der Waals surface area (Å²) >= 11 is 0. The van der Waals surface area contributed by atoms with Crippen molar-refractivity contribution in [2.24, 2.45) is 0 Å².